The van der Waals surface area contributed by atoms with E-state index in [0.717, 1.165) is 50.6 Å². The Hall–Kier alpha value is -1.84. The van der Waals surface area contributed by atoms with Gasteiger partial charge in [-0.1, -0.05) is 6.07 Å². The molecule has 0 bridgehead atoms. The minimum Gasteiger partial charge on any atom is -0.357 e. The fourth-order valence-corrected chi connectivity index (χ4v) is 3.25. The van der Waals surface area contributed by atoms with Gasteiger partial charge < -0.3 is 15.2 Å². The summed E-state index contributed by atoms with van der Waals surface area (Å²) >= 11 is 0. The lowest BCUT2D eigenvalue weighted by Crippen LogP contribution is -2.43. The Labute approximate surface area is 191 Å². The van der Waals surface area contributed by atoms with Gasteiger partial charge in [-0.3, -0.25) is 14.5 Å². The number of hydrogen-bond acceptors (Lipinski definition) is 3. The topological polar surface area (TPSA) is 76.2 Å². The molecule has 0 saturated heterocycles. The van der Waals surface area contributed by atoms with Crippen LogP contribution in [0.25, 0.3) is 0 Å². The maximum absolute atomic E-state index is 11.7. The van der Waals surface area contributed by atoms with Gasteiger partial charge in [-0.2, -0.15) is 5.10 Å². The van der Waals surface area contributed by atoms with E-state index >= 15 is 0 Å². The van der Waals surface area contributed by atoms with E-state index in [9.17, 15) is 4.79 Å². The summed E-state index contributed by atoms with van der Waals surface area (Å²) in [4.78, 5) is 16.4. The third-order valence-electron chi connectivity index (χ3n) is 4.87. The highest BCUT2D eigenvalue weighted by Crippen LogP contribution is 2.14. The maximum atomic E-state index is 11.7. The molecule has 8 heteroatoms. The Balaban J connectivity index is 0.00000420. The first kappa shape index (κ1) is 25.2. The SMILES string of the molecule is CCNC(=NCCCCn1ccccc1=O)NC(C)Cc1c(C)nn(C)c1C.I. The van der Waals surface area contributed by atoms with Crippen LogP contribution in [0.2, 0.25) is 0 Å². The molecule has 7 nitrogen and oxygen atoms in total. The molecule has 0 aliphatic rings. The summed E-state index contributed by atoms with van der Waals surface area (Å²) in [5.74, 6) is 0.839. The van der Waals surface area contributed by atoms with Crippen molar-refractivity contribution < 1.29 is 0 Å². The first-order valence-corrected chi connectivity index (χ1v) is 10.1. The van der Waals surface area contributed by atoms with Gasteiger partial charge in [-0.05, 0) is 58.6 Å². The summed E-state index contributed by atoms with van der Waals surface area (Å²) < 4.78 is 3.68. The molecule has 0 fully saturated rings. The number of hydrogen-bond donors (Lipinski definition) is 2. The number of aromatic nitrogens is 3. The molecule has 0 aliphatic carbocycles. The van der Waals surface area contributed by atoms with E-state index in [0.29, 0.717) is 0 Å². The second-order valence-corrected chi connectivity index (χ2v) is 7.22. The van der Waals surface area contributed by atoms with Crippen molar-refractivity contribution in [2.45, 2.75) is 59.5 Å². The zero-order valence-electron chi connectivity index (χ0n) is 18.2. The van der Waals surface area contributed by atoms with Crippen molar-refractivity contribution in [3.8, 4) is 0 Å². The lowest BCUT2D eigenvalue weighted by molar-refractivity contribution is 0.594. The largest absolute Gasteiger partial charge is 0.357 e. The Kier molecular flexibility index (Phi) is 11.0. The van der Waals surface area contributed by atoms with Crippen LogP contribution >= 0.6 is 24.0 Å². The smallest absolute Gasteiger partial charge is 0.250 e. The van der Waals surface area contributed by atoms with Crippen molar-refractivity contribution in [3.63, 3.8) is 0 Å². The molecule has 2 heterocycles. The van der Waals surface area contributed by atoms with Crippen LogP contribution in [0.4, 0.5) is 0 Å². The van der Waals surface area contributed by atoms with Crippen LogP contribution in [0.15, 0.2) is 34.2 Å². The van der Waals surface area contributed by atoms with E-state index in [1.54, 1.807) is 16.7 Å². The Morgan fingerprint density at radius 1 is 1.28 bits per heavy atom. The Bertz CT molecular complexity index is 842. The molecular formula is C21H35IN6O. The van der Waals surface area contributed by atoms with Gasteiger partial charge in [0.05, 0.1) is 5.69 Å². The molecule has 0 radical (unpaired) electrons. The highest BCUT2D eigenvalue weighted by atomic mass is 127. The third-order valence-corrected chi connectivity index (χ3v) is 4.87. The molecule has 2 aromatic heterocycles. The lowest BCUT2D eigenvalue weighted by Gasteiger charge is -2.18. The summed E-state index contributed by atoms with van der Waals surface area (Å²) in [6.45, 7) is 10.7. The minimum absolute atomic E-state index is 0. The van der Waals surface area contributed by atoms with Gasteiger partial charge in [-0.15, -0.1) is 24.0 Å². The number of aryl methyl sites for hydroxylation is 3. The van der Waals surface area contributed by atoms with Gasteiger partial charge in [0.1, 0.15) is 0 Å². The lowest BCUT2D eigenvalue weighted by atomic mass is 10.1. The summed E-state index contributed by atoms with van der Waals surface area (Å²) in [7, 11) is 1.99. The zero-order valence-corrected chi connectivity index (χ0v) is 20.6. The Morgan fingerprint density at radius 2 is 2.03 bits per heavy atom. The molecule has 1 unspecified atom stereocenters. The molecule has 162 valence electrons. The van der Waals surface area contributed by atoms with Crippen molar-refractivity contribution in [2.24, 2.45) is 12.0 Å². The average molecular weight is 514 g/mol. The number of aliphatic imine (C=N–C) groups is 1. The van der Waals surface area contributed by atoms with Crippen molar-refractivity contribution in [1.82, 2.24) is 25.0 Å². The fourth-order valence-electron chi connectivity index (χ4n) is 3.25. The predicted molar refractivity (Wildman–Crippen MR) is 130 cm³/mol. The monoisotopic (exact) mass is 514 g/mol. The normalized spacial score (nSPS) is 12.4. The van der Waals surface area contributed by atoms with E-state index in [2.05, 4.69) is 48.4 Å². The number of rotatable bonds is 9. The number of nitrogens with one attached hydrogen (secondary N) is 2. The molecule has 0 aromatic carbocycles. The van der Waals surface area contributed by atoms with Gasteiger partial charge in [0, 0.05) is 50.7 Å². The van der Waals surface area contributed by atoms with Gasteiger partial charge in [0.2, 0.25) is 5.56 Å². The van der Waals surface area contributed by atoms with E-state index in [1.165, 1.54) is 11.3 Å². The standard InChI is InChI=1S/C21H34N6O.HI/c1-6-22-21(23-12-8-10-14-27-13-9-7-11-20(27)28)24-16(2)15-19-17(3)25-26(5)18(19)4;/h7,9,11,13,16H,6,8,10,12,14-15H2,1-5H3,(H2,22,23,24);1H. The van der Waals surface area contributed by atoms with E-state index in [-0.39, 0.29) is 35.6 Å². The first-order valence-electron chi connectivity index (χ1n) is 10.1. The van der Waals surface area contributed by atoms with E-state index < -0.39 is 0 Å². The molecule has 2 rings (SSSR count). The van der Waals surface area contributed by atoms with E-state index in [1.807, 2.05) is 24.0 Å². The van der Waals surface area contributed by atoms with Crippen molar-refractivity contribution in [3.05, 3.63) is 51.7 Å². The van der Waals surface area contributed by atoms with Gasteiger partial charge in [0.25, 0.3) is 0 Å². The summed E-state index contributed by atoms with van der Waals surface area (Å²) in [5.41, 5.74) is 3.65. The molecule has 29 heavy (non-hydrogen) atoms. The number of pyridine rings is 1. The fraction of sp³-hybridized carbons (Fsp3) is 0.571. The van der Waals surface area contributed by atoms with Gasteiger partial charge in [0.15, 0.2) is 5.96 Å². The number of nitrogens with zero attached hydrogens (tertiary/aromatic N) is 4. The van der Waals surface area contributed by atoms with Crippen LogP contribution in [0.5, 0.6) is 0 Å². The van der Waals surface area contributed by atoms with Crippen molar-refractivity contribution >= 4 is 29.9 Å². The minimum atomic E-state index is 0. The predicted octanol–water partition coefficient (Wildman–Crippen LogP) is 2.78. The number of unbranched alkanes of at least 4 members (excludes halogenated alkanes) is 1. The van der Waals surface area contributed by atoms with Gasteiger partial charge >= 0.3 is 0 Å². The van der Waals surface area contributed by atoms with E-state index in [4.69, 9.17) is 0 Å². The van der Waals surface area contributed by atoms with Crippen LogP contribution in [-0.2, 0) is 20.0 Å². The zero-order chi connectivity index (χ0) is 20.5. The van der Waals surface area contributed by atoms with Crippen molar-refractivity contribution in [2.75, 3.05) is 13.1 Å². The molecule has 0 amide bonds. The highest BCUT2D eigenvalue weighted by molar-refractivity contribution is 14.0. The molecule has 2 aromatic rings. The van der Waals surface area contributed by atoms with Crippen LogP contribution in [-0.4, -0.2) is 39.4 Å². The Morgan fingerprint density at radius 3 is 2.66 bits per heavy atom. The summed E-state index contributed by atoms with van der Waals surface area (Å²) in [5, 5.41) is 11.3. The quantitative estimate of drug-likeness (QED) is 0.234. The van der Waals surface area contributed by atoms with Crippen LogP contribution < -0.4 is 16.2 Å². The number of halogens is 1. The van der Waals surface area contributed by atoms with Crippen LogP contribution in [0, 0.1) is 13.8 Å². The van der Waals surface area contributed by atoms with Crippen molar-refractivity contribution in [1.29, 1.82) is 0 Å². The maximum Gasteiger partial charge on any atom is 0.250 e. The van der Waals surface area contributed by atoms with Crippen LogP contribution in [0.1, 0.15) is 43.6 Å². The molecule has 0 saturated carbocycles. The average Bonchev–Trinajstić information content (AvgIpc) is 2.89. The second kappa shape index (κ2) is 12.7. The third kappa shape index (κ3) is 7.83. The first-order chi connectivity index (χ1) is 13.4. The van der Waals surface area contributed by atoms with Gasteiger partial charge in [-0.25, -0.2) is 0 Å². The number of guanidine groups is 1. The summed E-state index contributed by atoms with van der Waals surface area (Å²) in [6, 6.07) is 5.51. The molecule has 0 aliphatic heterocycles. The summed E-state index contributed by atoms with van der Waals surface area (Å²) in [6.07, 6.45) is 4.61. The van der Waals surface area contributed by atoms with Crippen LogP contribution in [0.3, 0.4) is 0 Å². The highest BCUT2D eigenvalue weighted by Gasteiger charge is 2.13. The molecule has 2 N–H and O–H groups in total. The molecule has 1 atom stereocenters. The molecule has 0 spiro atoms. The second-order valence-electron chi connectivity index (χ2n) is 7.22. The molecular weight excluding hydrogens is 479 g/mol.